The third-order valence-corrected chi connectivity index (χ3v) is 5.30. The van der Waals surface area contributed by atoms with Crippen LogP contribution >= 0.6 is 0 Å². The summed E-state index contributed by atoms with van der Waals surface area (Å²) in [5, 5.41) is 0. The van der Waals surface area contributed by atoms with Gasteiger partial charge in [0.1, 0.15) is 11.9 Å². The SMILES string of the molecule is COc1ccccc1[C@H]1N=C(c2ccccc2)[C@@H]2[C@@H](c3ccccc3)N12. The van der Waals surface area contributed by atoms with Crippen LogP contribution in [0.25, 0.3) is 0 Å². The third kappa shape index (κ3) is 2.36. The van der Waals surface area contributed by atoms with Gasteiger partial charge in [0.25, 0.3) is 0 Å². The van der Waals surface area contributed by atoms with Crippen LogP contribution in [-0.4, -0.2) is 23.8 Å². The predicted molar refractivity (Wildman–Crippen MR) is 104 cm³/mol. The molecule has 0 spiro atoms. The number of hydrogen-bond acceptors (Lipinski definition) is 3. The molecule has 2 heterocycles. The lowest BCUT2D eigenvalue weighted by Crippen LogP contribution is -2.08. The van der Waals surface area contributed by atoms with Crippen LogP contribution in [0.2, 0.25) is 0 Å². The lowest BCUT2D eigenvalue weighted by atomic mass is 10.0. The molecule has 1 fully saturated rings. The Labute approximate surface area is 153 Å². The number of methoxy groups -OCH3 is 1. The van der Waals surface area contributed by atoms with Gasteiger partial charge in [-0.2, -0.15) is 0 Å². The highest BCUT2D eigenvalue weighted by Gasteiger charge is 2.59. The summed E-state index contributed by atoms with van der Waals surface area (Å²) in [6.45, 7) is 0. The number of nitrogens with zero attached hydrogens (tertiary/aromatic N) is 2. The highest BCUT2D eigenvalue weighted by molar-refractivity contribution is 6.08. The van der Waals surface area contributed by atoms with Crippen molar-refractivity contribution in [3.63, 3.8) is 0 Å². The lowest BCUT2D eigenvalue weighted by Gasteiger charge is -2.17. The van der Waals surface area contributed by atoms with E-state index in [1.807, 2.05) is 12.1 Å². The fraction of sp³-hybridized carbons (Fsp3) is 0.174. The van der Waals surface area contributed by atoms with E-state index in [4.69, 9.17) is 9.73 Å². The molecule has 5 rings (SSSR count). The van der Waals surface area contributed by atoms with E-state index in [0.29, 0.717) is 12.1 Å². The molecule has 0 aromatic heterocycles. The maximum absolute atomic E-state index is 5.61. The molecule has 3 nitrogen and oxygen atoms in total. The number of aliphatic imine (C=N–C) groups is 1. The molecule has 2 aliphatic heterocycles. The second kappa shape index (κ2) is 6.11. The minimum absolute atomic E-state index is 0.00318. The summed E-state index contributed by atoms with van der Waals surface area (Å²) in [5.74, 6) is 0.896. The zero-order valence-corrected chi connectivity index (χ0v) is 14.6. The zero-order chi connectivity index (χ0) is 17.5. The Balaban J connectivity index is 1.60. The van der Waals surface area contributed by atoms with E-state index in [9.17, 15) is 0 Å². The molecule has 26 heavy (non-hydrogen) atoms. The normalized spacial score (nSPS) is 26.1. The summed E-state index contributed by atoms with van der Waals surface area (Å²) < 4.78 is 5.61. The zero-order valence-electron chi connectivity index (χ0n) is 14.6. The number of benzene rings is 3. The molecule has 4 atom stereocenters. The predicted octanol–water partition coefficient (Wildman–Crippen LogP) is 4.62. The molecular formula is C23H20N2O. The van der Waals surface area contributed by atoms with Crippen LogP contribution in [0.4, 0.5) is 0 Å². The molecule has 0 saturated carbocycles. The maximum Gasteiger partial charge on any atom is 0.133 e. The number of rotatable bonds is 4. The molecular weight excluding hydrogens is 320 g/mol. The third-order valence-electron chi connectivity index (χ3n) is 5.30. The van der Waals surface area contributed by atoms with E-state index in [1.165, 1.54) is 16.8 Å². The molecule has 3 heteroatoms. The van der Waals surface area contributed by atoms with Gasteiger partial charge in [0.2, 0.25) is 0 Å². The van der Waals surface area contributed by atoms with Gasteiger partial charge < -0.3 is 4.74 Å². The molecule has 0 radical (unpaired) electrons. The monoisotopic (exact) mass is 340 g/mol. The van der Waals surface area contributed by atoms with Gasteiger partial charge in [0, 0.05) is 5.56 Å². The van der Waals surface area contributed by atoms with E-state index in [1.54, 1.807) is 7.11 Å². The first-order chi connectivity index (χ1) is 12.9. The van der Waals surface area contributed by atoms with Crippen molar-refractivity contribution in [2.45, 2.75) is 18.2 Å². The first-order valence-corrected chi connectivity index (χ1v) is 8.97. The highest BCUT2D eigenvalue weighted by atomic mass is 16.5. The lowest BCUT2D eigenvalue weighted by molar-refractivity contribution is 0.366. The Bertz CT molecular complexity index is 952. The van der Waals surface area contributed by atoms with E-state index in [2.05, 4.69) is 77.7 Å². The molecule has 1 saturated heterocycles. The van der Waals surface area contributed by atoms with Crippen molar-refractivity contribution in [1.29, 1.82) is 0 Å². The second-order valence-electron chi connectivity index (χ2n) is 6.74. The van der Waals surface area contributed by atoms with Gasteiger partial charge >= 0.3 is 0 Å². The van der Waals surface area contributed by atoms with Gasteiger partial charge in [0.05, 0.1) is 24.9 Å². The Morgan fingerprint density at radius 1 is 0.769 bits per heavy atom. The molecule has 3 aromatic rings. The topological polar surface area (TPSA) is 24.6 Å². The van der Waals surface area contributed by atoms with Gasteiger partial charge in [-0.25, -0.2) is 0 Å². The van der Waals surface area contributed by atoms with Gasteiger partial charge in [-0.1, -0.05) is 78.9 Å². The van der Waals surface area contributed by atoms with Crippen LogP contribution in [0, 0.1) is 0 Å². The first-order valence-electron chi connectivity index (χ1n) is 8.97. The van der Waals surface area contributed by atoms with Gasteiger partial charge in [0.15, 0.2) is 0 Å². The summed E-state index contributed by atoms with van der Waals surface area (Å²) >= 11 is 0. The smallest absolute Gasteiger partial charge is 0.133 e. The van der Waals surface area contributed by atoms with Crippen LogP contribution in [0.5, 0.6) is 5.75 Å². The number of para-hydroxylation sites is 1. The Morgan fingerprint density at radius 3 is 2.15 bits per heavy atom. The van der Waals surface area contributed by atoms with Crippen LogP contribution < -0.4 is 4.74 Å². The fourth-order valence-electron chi connectivity index (χ4n) is 4.09. The maximum atomic E-state index is 5.61. The van der Waals surface area contributed by atoms with E-state index < -0.39 is 0 Å². The summed E-state index contributed by atoms with van der Waals surface area (Å²) in [6.07, 6.45) is -0.00318. The summed E-state index contributed by atoms with van der Waals surface area (Å²) in [6, 6.07) is 30.2. The molecule has 0 aliphatic carbocycles. The van der Waals surface area contributed by atoms with Gasteiger partial charge in [-0.05, 0) is 17.2 Å². The number of ether oxygens (including phenoxy) is 1. The highest BCUT2D eigenvalue weighted by Crippen LogP contribution is 2.56. The number of fused-ring (bicyclic) bond motifs is 1. The van der Waals surface area contributed by atoms with E-state index >= 15 is 0 Å². The van der Waals surface area contributed by atoms with Crippen LogP contribution in [-0.2, 0) is 0 Å². The van der Waals surface area contributed by atoms with Crippen LogP contribution in [0.15, 0.2) is 89.9 Å². The number of hydrogen-bond donors (Lipinski definition) is 0. The Hall–Kier alpha value is -2.91. The molecule has 2 aliphatic rings. The Kier molecular flexibility index (Phi) is 3.61. The molecule has 0 N–H and O–H groups in total. The molecule has 3 aromatic carbocycles. The summed E-state index contributed by atoms with van der Waals surface area (Å²) in [7, 11) is 1.73. The fourth-order valence-corrected chi connectivity index (χ4v) is 4.09. The molecule has 128 valence electrons. The minimum atomic E-state index is -0.00318. The van der Waals surface area contributed by atoms with Gasteiger partial charge in [-0.3, -0.25) is 9.89 Å². The Morgan fingerprint density at radius 2 is 1.42 bits per heavy atom. The van der Waals surface area contributed by atoms with E-state index in [0.717, 1.165) is 11.3 Å². The average molecular weight is 340 g/mol. The van der Waals surface area contributed by atoms with Crippen molar-refractivity contribution < 1.29 is 4.74 Å². The van der Waals surface area contributed by atoms with Crippen molar-refractivity contribution >= 4 is 5.71 Å². The molecule has 0 bridgehead atoms. The first kappa shape index (κ1) is 15.4. The average Bonchev–Trinajstić information content (AvgIpc) is 3.33. The van der Waals surface area contributed by atoms with Crippen molar-refractivity contribution in [3.8, 4) is 5.75 Å². The second-order valence-corrected chi connectivity index (χ2v) is 6.74. The molecule has 1 unspecified atom stereocenters. The minimum Gasteiger partial charge on any atom is -0.496 e. The summed E-state index contributed by atoms with van der Waals surface area (Å²) in [4.78, 5) is 7.59. The van der Waals surface area contributed by atoms with Crippen LogP contribution in [0.3, 0.4) is 0 Å². The van der Waals surface area contributed by atoms with Crippen molar-refractivity contribution in [1.82, 2.24) is 4.90 Å². The standard InChI is InChI=1S/C23H20N2O/c1-26-19-15-9-8-14-18(19)23-24-20(16-10-4-2-5-11-16)22-21(25(22)23)17-12-6-3-7-13-17/h2-15,21-23H,1H3/t21-,22-,23+,25?/m1/s1. The van der Waals surface area contributed by atoms with Crippen molar-refractivity contribution in [2.24, 2.45) is 4.99 Å². The van der Waals surface area contributed by atoms with Gasteiger partial charge in [-0.15, -0.1) is 0 Å². The van der Waals surface area contributed by atoms with Crippen molar-refractivity contribution in [3.05, 3.63) is 102 Å². The van der Waals surface area contributed by atoms with E-state index in [-0.39, 0.29) is 6.17 Å². The van der Waals surface area contributed by atoms with Crippen molar-refractivity contribution in [2.75, 3.05) is 7.11 Å². The largest absolute Gasteiger partial charge is 0.496 e. The van der Waals surface area contributed by atoms with Crippen LogP contribution in [0.1, 0.15) is 28.9 Å². The molecule has 0 amide bonds. The quantitative estimate of drug-likeness (QED) is 0.647. The summed E-state index contributed by atoms with van der Waals surface area (Å²) in [5.41, 5.74) is 4.86.